The number of aromatic nitrogens is 1. The molecule has 76 valence electrons. The maximum absolute atomic E-state index is 3.75. The topological polar surface area (TPSA) is 19.0 Å². The average molecular weight is 255 g/mol. The van der Waals surface area contributed by atoms with Gasteiger partial charge in [0.15, 0.2) is 0 Å². The fraction of sp³-hybridized carbons (Fsp3) is 0.636. The predicted molar refractivity (Wildman–Crippen MR) is 60.3 cm³/mol. The normalized spacial score (nSPS) is 22.4. The van der Waals surface area contributed by atoms with Crippen LogP contribution in [0.4, 0.5) is 0 Å². The van der Waals surface area contributed by atoms with Crippen LogP contribution < -0.4 is 0 Å². The number of hydrogen-bond acceptors (Lipinski definition) is 1. The van der Waals surface area contributed by atoms with Crippen molar-refractivity contribution in [2.75, 3.05) is 7.05 Å². The number of halogens is 1. The highest BCUT2D eigenvalue weighted by Crippen LogP contribution is 2.42. The molecule has 1 saturated carbocycles. The van der Waals surface area contributed by atoms with E-state index in [4.69, 9.17) is 0 Å². The van der Waals surface area contributed by atoms with Crippen molar-refractivity contribution in [1.29, 1.82) is 0 Å². The average Bonchev–Trinajstić information content (AvgIpc) is 2.51. The SMILES string of the molecule is CN1Cc2[nH]c(C3CCC3)c(Br)c2C1. The van der Waals surface area contributed by atoms with Crippen LogP contribution in [-0.2, 0) is 13.1 Å². The van der Waals surface area contributed by atoms with Crippen molar-refractivity contribution < 1.29 is 0 Å². The Kier molecular flexibility index (Phi) is 1.99. The Balaban J connectivity index is 1.97. The summed E-state index contributed by atoms with van der Waals surface area (Å²) < 4.78 is 1.36. The Bertz CT molecular complexity index is 366. The first-order chi connectivity index (χ1) is 6.75. The van der Waals surface area contributed by atoms with E-state index in [9.17, 15) is 0 Å². The quantitative estimate of drug-likeness (QED) is 0.817. The number of fused-ring (bicyclic) bond motifs is 1. The van der Waals surface area contributed by atoms with Gasteiger partial charge in [-0.25, -0.2) is 0 Å². The molecule has 1 aromatic rings. The van der Waals surface area contributed by atoms with E-state index in [2.05, 4.69) is 32.9 Å². The summed E-state index contributed by atoms with van der Waals surface area (Å²) in [5.74, 6) is 0.806. The summed E-state index contributed by atoms with van der Waals surface area (Å²) in [6.45, 7) is 2.18. The summed E-state index contributed by atoms with van der Waals surface area (Å²) in [6.07, 6.45) is 4.14. The largest absolute Gasteiger partial charge is 0.360 e. The van der Waals surface area contributed by atoms with Crippen LogP contribution in [0, 0.1) is 0 Å². The van der Waals surface area contributed by atoms with Crippen molar-refractivity contribution in [2.45, 2.75) is 38.3 Å². The zero-order chi connectivity index (χ0) is 9.71. The zero-order valence-electron chi connectivity index (χ0n) is 8.44. The maximum Gasteiger partial charge on any atom is 0.0433 e. The molecule has 2 nitrogen and oxygen atoms in total. The van der Waals surface area contributed by atoms with E-state index in [1.165, 1.54) is 40.7 Å². The van der Waals surface area contributed by atoms with Crippen LogP contribution in [-0.4, -0.2) is 16.9 Å². The van der Waals surface area contributed by atoms with E-state index in [0.29, 0.717) is 0 Å². The number of aromatic amines is 1. The molecule has 3 heteroatoms. The van der Waals surface area contributed by atoms with Crippen molar-refractivity contribution in [1.82, 2.24) is 9.88 Å². The second kappa shape index (κ2) is 3.11. The van der Waals surface area contributed by atoms with Crippen LogP contribution in [0.5, 0.6) is 0 Å². The second-order valence-corrected chi connectivity index (χ2v) is 5.40. The molecule has 0 amide bonds. The van der Waals surface area contributed by atoms with Gasteiger partial charge in [0.1, 0.15) is 0 Å². The van der Waals surface area contributed by atoms with Gasteiger partial charge in [0.2, 0.25) is 0 Å². The Morgan fingerprint density at radius 2 is 2.14 bits per heavy atom. The number of nitrogens with zero attached hydrogens (tertiary/aromatic N) is 1. The minimum Gasteiger partial charge on any atom is -0.360 e. The summed E-state index contributed by atoms with van der Waals surface area (Å²) in [6, 6.07) is 0. The van der Waals surface area contributed by atoms with Gasteiger partial charge in [0.25, 0.3) is 0 Å². The third kappa shape index (κ3) is 1.18. The molecule has 3 rings (SSSR count). The Morgan fingerprint density at radius 1 is 1.36 bits per heavy atom. The lowest BCUT2D eigenvalue weighted by atomic mass is 9.83. The minimum atomic E-state index is 0.806. The molecule has 1 N–H and O–H groups in total. The van der Waals surface area contributed by atoms with Gasteiger partial charge >= 0.3 is 0 Å². The molecule has 0 atom stereocenters. The van der Waals surface area contributed by atoms with Gasteiger partial charge in [0.05, 0.1) is 0 Å². The number of nitrogens with one attached hydrogen (secondary N) is 1. The van der Waals surface area contributed by atoms with Crippen molar-refractivity contribution in [3.63, 3.8) is 0 Å². The smallest absolute Gasteiger partial charge is 0.0433 e. The summed E-state index contributed by atoms with van der Waals surface area (Å²) in [5.41, 5.74) is 4.39. The van der Waals surface area contributed by atoms with Gasteiger partial charge < -0.3 is 4.98 Å². The van der Waals surface area contributed by atoms with Gasteiger partial charge in [-0.15, -0.1) is 0 Å². The van der Waals surface area contributed by atoms with Crippen molar-refractivity contribution in [3.05, 3.63) is 21.4 Å². The maximum atomic E-state index is 3.75. The lowest BCUT2D eigenvalue weighted by molar-refractivity contribution is 0.346. The van der Waals surface area contributed by atoms with Crippen LogP contribution in [0.3, 0.4) is 0 Å². The first kappa shape index (κ1) is 8.98. The highest BCUT2D eigenvalue weighted by Gasteiger charge is 2.29. The van der Waals surface area contributed by atoms with Gasteiger partial charge in [-0.1, -0.05) is 6.42 Å². The van der Waals surface area contributed by atoms with Crippen LogP contribution in [0.25, 0.3) is 0 Å². The molecule has 0 aromatic carbocycles. The Morgan fingerprint density at radius 3 is 2.71 bits per heavy atom. The van der Waals surface area contributed by atoms with Crippen molar-refractivity contribution in [3.8, 4) is 0 Å². The third-order valence-electron chi connectivity index (χ3n) is 3.52. The lowest BCUT2D eigenvalue weighted by Crippen LogP contribution is -2.12. The molecule has 1 fully saturated rings. The number of H-pyrrole nitrogens is 1. The van der Waals surface area contributed by atoms with Gasteiger partial charge in [0, 0.05) is 40.4 Å². The van der Waals surface area contributed by atoms with Crippen LogP contribution in [0.1, 0.15) is 42.1 Å². The van der Waals surface area contributed by atoms with Gasteiger partial charge in [-0.05, 0) is 35.8 Å². The van der Waals surface area contributed by atoms with E-state index in [1.54, 1.807) is 0 Å². The second-order valence-electron chi connectivity index (χ2n) is 4.61. The molecule has 1 aliphatic heterocycles. The highest BCUT2D eigenvalue weighted by molar-refractivity contribution is 9.10. The van der Waals surface area contributed by atoms with E-state index < -0.39 is 0 Å². The van der Waals surface area contributed by atoms with E-state index in [0.717, 1.165) is 19.0 Å². The standard InChI is InChI=1S/C11H15BrN2/c1-14-5-8-9(6-14)13-11(10(8)12)7-3-2-4-7/h7,13H,2-6H2,1H3. The molecule has 2 aliphatic rings. The molecule has 1 aromatic heterocycles. The zero-order valence-corrected chi connectivity index (χ0v) is 10.0. The summed E-state index contributed by atoms with van der Waals surface area (Å²) >= 11 is 3.75. The summed E-state index contributed by atoms with van der Waals surface area (Å²) in [5, 5.41) is 0. The summed E-state index contributed by atoms with van der Waals surface area (Å²) in [7, 11) is 2.17. The molecule has 0 spiro atoms. The molecule has 0 bridgehead atoms. The van der Waals surface area contributed by atoms with E-state index >= 15 is 0 Å². The molecule has 2 heterocycles. The molecule has 0 unspecified atom stereocenters. The molecule has 0 saturated heterocycles. The first-order valence-corrected chi connectivity index (χ1v) is 6.12. The highest BCUT2D eigenvalue weighted by atomic mass is 79.9. The van der Waals surface area contributed by atoms with Crippen LogP contribution >= 0.6 is 15.9 Å². The predicted octanol–water partition coefficient (Wildman–Crippen LogP) is 2.99. The molecular formula is C11H15BrN2. The first-order valence-electron chi connectivity index (χ1n) is 5.33. The Hall–Kier alpha value is -0.280. The van der Waals surface area contributed by atoms with Crippen LogP contribution in [0.2, 0.25) is 0 Å². The monoisotopic (exact) mass is 254 g/mol. The van der Waals surface area contributed by atoms with Crippen LogP contribution in [0.15, 0.2) is 4.47 Å². The Labute approximate surface area is 92.8 Å². The van der Waals surface area contributed by atoms with Gasteiger partial charge in [-0.2, -0.15) is 0 Å². The molecular weight excluding hydrogens is 240 g/mol. The fourth-order valence-electron chi connectivity index (χ4n) is 2.46. The van der Waals surface area contributed by atoms with E-state index in [-0.39, 0.29) is 0 Å². The molecule has 14 heavy (non-hydrogen) atoms. The number of hydrogen-bond donors (Lipinski definition) is 1. The van der Waals surface area contributed by atoms with E-state index in [1.807, 2.05) is 0 Å². The molecule has 1 aliphatic carbocycles. The number of rotatable bonds is 1. The lowest BCUT2D eigenvalue weighted by Gasteiger charge is -2.25. The third-order valence-corrected chi connectivity index (χ3v) is 4.43. The van der Waals surface area contributed by atoms with Gasteiger partial charge in [-0.3, -0.25) is 4.90 Å². The van der Waals surface area contributed by atoms with Crippen molar-refractivity contribution in [2.24, 2.45) is 0 Å². The summed E-state index contributed by atoms with van der Waals surface area (Å²) in [4.78, 5) is 5.95. The van der Waals surface area contributed by atoms with Crippen molar-refractivity contribution >= 4 is 15.9 Å². The fourth-order valence-corrected chi connectivity index (χ4v) is 3.25. The minimum absolute atomic E-state index is 0.806. The molecule has 0 radical (unpaired) electrons.